The zero-order valence-corrected chi connectivity index (χ0v) is 76.4. The molecule has 27 aromatic rings. The summed E-state index contributed by atoms with van der Waals surface area (Å²) in [4.78, 5) is 61.5. The molecule has 0 unspecified atom stereocenters. The third-order valence-corrected chi connectivity index (χ3v) is 18.1. The number of aromatic nitrogens is 24. The number of pyridine rings is 1. The molecule has 0 aliphatic carbocycles. The average molecular weight is 1890 g/mol. The highest BCUT2D eigenvalue weighted by atomic mass is 32.1. The van der Waals surface area contributed by atoms with Crippen molar-refractivity contribution in [3.63, 3.8) is 0 Å². The summed E-state index contributed by atoms with van der Waals surface area (Å²) in [5.41, 5.74) is 14.2. The normalized spacial score (nSPS) is 8.90. The lowest BCUT2D eigenvalue weighted by Gasteiger charge is -1.83. The van der Waals surface area contributed by atoms with Gasteiger partial charge >= 0.3 is 0 Å². The Kier molecular flexibility index (Phi) is 59.4. The number of benzene rings is 6. The fraction of sp³-hybridized carbons (Fsp3) is 0. The molecule has 0 saturated heterocycles. The van der Waals surface area contributed by atoms with Gasteiger partial charge in [0.05, 0.1) is 82.3 Å². The van der Waals surface area contributed by atoms with E-state index in [2.05, 4.69) is 198 Å². The molecule has 0 bridgehead atoms. The number of oxazole rings is 3. The zero-order valence-electron chi connectivity index (χ0n) is 71.5. The SMILES string of the molecule is c1c[nH]cn1.c1ccc2[nH]ccc2c1.c1ccc2[nH]cnc2c1.c1ccc2occc2c1.c1ccc2ocnc2c1.c1ccc2sccc2c1.c1ccc2scnc2c1.c1ccncc1.c1ccnnc1.c1ccoc1.c1ccsc1.c1ccsc1.c1cn[nH]c1.c1cnccn1.c1cncnc1.c1cncnc1.c1cnoc1.c1cocn1.c1cocn1.c1cscn1.c1nncs1. The fourth-order valence-electron chi connectivity index (χ4n) is 8.57. The minimum Gasteiger partial charge on any atom is -0.473 e. The number of fused-ring (bicyclic) bond motifs is 6. The van der Waals surface area contributed by atoms with E-state index in [0.29, 0.717) is 0 Å². The van der Waals surface area contributed by atoms with Crippen LogP contribution in [0, 0.1) is 0 Å². The summed E-state index contributed by atoms with van der Waals surface area (Å²) in [5, 5.41) is 39.6. The zero-order chi connectivity index (χ0) is 93.2. The van der Waals surface area contributed by atoms with E-state index in [1.54, 1.807) is 247 Å². The van der Waals surface area contributed by atoms with Gasteiger partial charge in [-0.2, -0.15) is 38.0 Å². The highest BCUT2D eigenvalue weighted by Crippen LogP contribution is 2.20. The van der Waals surface area contributed by atoms with E-state index in [0.717, 1.165) is 38.6 Å². The van der Waals surface area contributed by atoms with Crippen LogP contribution >= 0.6 is 68.0 Å². The number of hydrogen-bond donors (Lipinski definition) is 4. The number of para-hydroxylation sites is 7. The highest BCUT2D eigenvalue weighted by Gasteiger charge is 1.94. The van der Waals surface area contributed by atoms with Crippen molar-refractivity contribution in [3.8, 4) is 0 Å². The van der Waals surface area contributed by atoms with Crippen molar-refractivity contribution in [1.29, 1.82) is 0 Å². The second kappa shape index (κ2) is 76.8. The van der Waals surface area contributed by atoms with Crippen molar-refractivity contribution in [2.24, 2.45) is 0 Å². The molecule has 27 rings (SSSR count). The Morgan fingerprint density at radius 3 is 1.25 bits per heavy atom. The molecule has 4 N–H and O–H groups in total. The number of thiazole rings is 2. The Morgan fingerprint density at radius 1 is 0.254 bits per heavy atom. The van der Waals surface area contributed by atoms with Crippen molar-refractivity contribution in [2.45, 2.75) is 0 Å². The molecule has 0 fully saturated rings. The first-order chi connectivity index (χ1) is 66.8. The molecule has 0 spiro atoms. The highest BCUT2D eigenvalue weighted by molar-refractivity contribution is 7.17. The Bertz CT molecular complexity index is 5070. The predicted octanol–water partition coefficient (Wildman–Crippen LogP) is 25.5. The first-order valence-electron chi connectivity index (χ1n) is 39.5. The topological polar surface area (TPSA) is 400 Å². The molecule has 674 valence electrons. The molecule has 0 aliphatic heterocycles. The number of imidazole rings is 2. The second-order valence-corrected chi connectivity index (χ2v) is 28.3. The molecule has 30 nitrogen and oxygen atoms in total. The number of rotatable bonds is 0. The van der Waals surface area contributed by atoms with Crippen LogP contribution in [0.2, 0.25) is 0 Å². The van der Waals surface area contributed by atoms with Crippen LogP contribution in [-0.2, 0) is 0 Å². The van der Waals surface area contributed by atoms with Crippen LogP contribution in [0.25, 0.3) is 64.3 Å². The lowest BCUT2D eigenvalue weighted by atomic mass is 10.3. The van der Waals surface area contributed by atoms with Gasteiger partial charge in [-0.15, -0.1) is 55.5 Å². The summed E-state index contributed by atoms with van der Waals surface area (Å²) in [6.45, 7) is 0. The van der Waals surface area contributed by atoms with Crippen molar-refractivity contribution in [2.75, 3.05) is 0 Å². The summed E-state index contributed by atoms with van der Waals surface area (Å²) >= 11 is 9.98. The smallest absolute Gasteiger partial charge is 0.181 e. The van der Waals surface area contributed by atoms with Crippen LogP contribution in [0.15, 0.2) is 548 Å². The summed E-state index contributed by atoms with van der Waals surface area (Å²) in [7, 11) is 0. The molecule has 36 heteroatoms. The van der Waals surface area contributed by atoms with E-state index in [1.165, 1.54) is 87.7 Å². The van der Waals surface area contributed by atoms with E-state index >= 15 is 0 Å². The molecular weight excluding hydrogens is 1800 g/mol. The van der Waals surface area contributed by atoms with Crippen molar-refractivity contribution in [3.05, 3.63) is 521 Å². The quantitative estimate of drug-likeness (QED) is 0.110. The lowest BCUT2D eigenvalue weighted by Crippen LogP contribution is -1.69. The lowest BCUT2D eigenvalue weighted by molar-refractivity contribution is 0.420. The molecule has 0 amide bonds. The van der Waals surface area contributed by atoms with Gasteiger partial charge in [0.2, 0.25) is 0 Å². The monoisotopic (exact) mass is 1890 g/mol. The number of nitrogens with zero attached hydrogens (tertiary/aromatic N) is 20. The second-order valence-electron chi connectivity index (χ2n) is 23.4. The first-order valence-corrected chi connectivity index (χ1v) is 45.1. The van der Waals surface area contributed by atoms with E-state index in [4.69, 9.17) is 8.83 Å². The van der Waals surface area contributed by atoms with Crippen molar-refractivity contribution in [1.82, 2.24) is 120 Å². The van der Waals surface area contributed by atoms with Gasteiger partial charge in [-0.25, -0.2) is 49.8 Å². The van der Waals surface area contributed by atoms with Gasteiger partial charge in [-0.3, -0.25) is 25.0 Å². The maximum absolute atomic E-state index is 5.12. The number of thiophene rings is 3. The van der Waals surface area contributed by atoms with Crippen LogP contribution in [0.5, 0.6) is 0 Å². The summed E-state index contributed by atoms with van der Waals surface area (Å²) in [6.07, 6.45) is 55.5. The fourth-order valence-corrected chi connectivity index (χ4v) is 11.6. The maximum Gasteiger partial charge on any atom is 0.181 e. The van der Waals surface area contributed by atoms with Crippen LogP contribution in [0.3, 0.4) is 0 Å². The molecule has 0 aliphatic rings. The van der Waals surface area contributed by atoms with Gasteiger partial charge in [0, 0.05) is 133 Å². The van der Waals surface area contributed by atoms with Crippen LogP contribution < -0.4 is 0 Å². The number of hydrogen-bond acceptors (Lipinski definition) is 32. The van der Waals surface area contributed by atoms with Gasteiger partial charge < -0.3 is 41.6 Å². The number of aromatic amines is 4. The Labute approximate surface area is 794 Å². The molecular formula is C98H90N24O6S6. The number of furan rings is 2. The summed E-state index contributed by atoms with van der Waals surface area (Å²) in [6, 6.07) is 82.7. The molecule has 0 saturated carbocycles. The van der Waals surface area contributed by atoms with E-state index in [9.17, 15) is 0 Å². The average Bonchev–Trinajstić information content (AvgIpc) is 1.77. The van der Waals surface area contributed by atoms with Gasteiger partial charge in [-0.1, -0.05) is 126 Å². The van der Waals surface area contributed by atoms with Crippen LogP contribution in [-0.4, -0.2) is 120 Å². The largest absolute Gasteiger partial charge is 0.473 e. The van der Waals surface area contributed by atoms with E-state index in [1.807, 2.05) is 221 Å². The van der Waals surface area contributed by atoms with Crippen LogP contribution in [0.4, 0.5) is 0 Å². The Balaban J connectivity index is 0.000000193. The molecule has 21 aromatic heterocycles. The Morgan fingerprint density at radius 2 is 0.851 bits per heavy atom. The number of nitrogens with one attached hydrogen (secondary N) is 4. The van der Waals surface area contributed by atoms with Gasteiger partial charge in [-0.05, 0) is 171 Å². The van der Waals surface area contributed by atoms with E-state index in [-0.39, 0.29) is 0 Å². The molecule has 134 heavy (non-hydrogen) atoms. The van der Waals surface area contributed by atoms with Gasteiger partial charge in [0.15, 0.2) is 24.8 Å². The van der Waals surface area contributed by atoms with Gasteiger partial charge in [0.1, 0.15) is 53.6 Å². The van der Waals surface area contributed by atoms with E-state index < -0.39 is 0 Å². The third kappa shape index (κ3) is 54.6. The van der Waals surface area contributed by atoms with Crippen molar-refractivity contribution >= 4 is 132 Å². The Hall–Kier alpha value is -17.4. The summed E-state index contributed by atoms with van der Waals surface area (Å²) in [5.74, 6) is 0. The standard InChI is InChI=1S/C8H7N.C8H6O.C8H6S.C7H6N2.C7H5NO.C7H5NS.C5H5N.4C4H4N2.C4H4O.2C4H4S.2C3H4N2.3C3H3NO.C3H3NS.C2H2N2S/c3*1-2-4-8-7(3-1)5-6-9-8;3*1-2-4-7-6(3-1)8-5-9-7;1-2-4-6-5-3-1;1-2-6-4-3-5-1;2*1-2-5-4-6-3-1;1-2-4-6-5-3-1;3*1-2-4-5-3-1;1-2-5-3-4-1;1-2-4-5-3-1;2*1-2-5-3-4-1;1-2-4-5-3-1;1-2-5-3-4-1;1-3-4-2-5-1/h1-6,9H;2*1-6H;1-5H,(H,8,9);2*1-5H;1-5H;4*1-4H;3*1-4H;2*1-3H,(H,4,5);4*1-3H;1-2H. The minimum atomic E-state index is 0.845. The minimum absolute atomic E-state index is 0.845. The van der Waals surface area contributed by atoms with Crippen LogP contribution in [0.1, 0.15) is 0 Å². The van der Waals surface area contributed by atoms with Crippen molar-refractivity contribution < 1.29 is 26.6 Å². The predicted molar refractivity (Wildman–Crippen MR) is 534 cm³/mol. The molecule has 21 heterocycles. The maximum atomic E-state index is 5.12. The van der Waals surface area contributed by atoms with Gasteiger partial charge in [0.25, 0.3) is 0 Å². The number of H-pyrrole nitrogens is 4. The third-order valence-electron chi connectivity index (χ3n) is 14.2. The summed E-state index contributed by atoms with van der Waals surface area (Å²) < 4.78 is 30.6. The molecule has 6 aromatic carbocycles. The molecule has 0 radical (unpaired) electrons. The molecule has 0 atom stereocenters. The first kappa shape index (κ1) is 104.